The van der Waals surface area contributed by atoms with Gasteiger partial charge in [0, 0.05) is 26.8 Å². The molecule has 1 N–H and O–H groups in total. The van der Waals surface area contributed by atoms with Crippen molar-refractivity contribution in [2.24, 2.45) is 0 Å². The second-order valence-corrected chi connectivity index (χ2v) is 11.5. The number of unbranched alkanes of at least 4 members (excludes halogenated alkanes) is 1. The zero-order chi connectivity index (χ0) is 24.7. The summed E-state index contributed by atoms with van der Waals surface area (Å²) >= 11 is 15.6. The normalized spacial score (nSPS) is 11.6. The van der Waals surface area contributed by atoms with Crippen LogP contribution in [-0.4, -0.2) is 25.2 Å². The van der Waals surface area contributed by atoms with E-state index in [1.54, 1.807) is 30.3 Å². The van der Waals surface area contributed by atoms with Gasteiger partial charge in [0.05, 0.1) is 11.4 Å². The van der Waals surface area contributed by atoms with Gasteiger partial charge < -0.3 is 5.32 Å². The molecule has 0 aromatic heterocycles. The van der Waals surface area contributed by atoms with Crippen molar-refractivity contribution in [1.82, 2.24) is 4.31 Å². The first-order chi connectivity index (χ1) is 16.2. The second kappa shape index (κ2) is 12.2. The number of amides is 1. The number of benzene rings is 3. The van der Waals surface area contributed by atoms with Gasteiger partial charge in [-0.1, -0.05) is 70.7 Å². The Morgan fingerprint density at radius 3 is 2.29 bits per heavy atom. The Balaban J connectivity index is 1.82. The fourth-order valence-corrected chi connectivity index (χ4v) is 5.42. The van der Waals surface area contributed by atoms with Crippen molar-refractivity contribution in [3.63, 3.8) is 0 Å². The van der Waals surface area contributed by atoms with E-state index < -0.39 is 15.9 Å². The highest BCUT2D eigenvalue weighted by atomic mass is 79.9. The van der Waals surface area contributed by atoms with Gasteiger partial charge in [-0.15, -0.1) is 0 Å². The van der Waals surface area contributed by atoms with Crippen LogP contribution in [0.15, 0.2) is 76.1 Å². The Hall–Kier alpha value is -1.90. The summed E-state index contributed by atoms with van der Waals surface area (Å²) in [5, 5.41) is 3.56. The molecular formula is C25H25BrCl2N2O3S. The number of aryl methyl sites for hydroxylation is 1. The number of hydrogen-bond acceptors (Lipinski definition) is 3. The van der Waals surface area contributed by atoms with Crippen LogP contribution in [0.3, 0.4) is 0 Å². The van der Waals surface area contributed by atoms with Crippen LogP contribution in [-0.2, 0) is 27.8 Å². The minimum Gasteiger partial charge on any atom is -0.325 e. The lowest BCUT2D eigenvalue weighted by Crippen LogP contribution is -2.37. The monoisotopic (exact) mass is 582 g/mol. The first-order valence-electron chi connectivity index (χ1n) is 10.8. The molecule has 3 aromatic carbocycles. The van der Waals surface area contributed by atoms with Crippen molar-refractivity contribution in [2.75, 3.05) is 11.9 Å². The van der Waals surface area contributed by atoms with Crippen molar-refractivity contribution >= 4 is 60.7 Å². The molecule has 0 aliphatic carbocycles. The third-order valence-corrected chi connectivity index (χ3v) is 8.11. The number of anilines is 1. The van der Waals surface area contributed by atoms with E-state index in [1.165, 1.54) is 17.7 Å². The van der Waals surface area contributed by atoms with Crippen LogP contribution in [0, 0.1) is 0 Å². The zero-order valence-corrected chi connectivity index (χ0v) is 22.5. The molecule has 180 valence electrons. The quantitative estimate of drug-likeness (QED) is 0.281. The van der Waals surface area contributed by atoms with E-state index in [0.717, 1.165) is 28.0 Å². The molecule has 3 rings (SSSR count). The molecule has 3 aromatic rings. The molecule has 1 amide bonds. The smallest absolute Gasteiger partial charge is 0.243 e. The maximum Gasteiger partial charge on any atom is 0.243 e. The molecule has 0 spiro atoms. The van der Waals surface area contributed by atoms with Gasteiger partial charge in [-0.05, 0) is 72.5 Å². The van der Waals surface area contributed by atoms with E-state index in [-0.39, 0.29) is 18.0 Å². The third kappa shape index (κ3) is 7.30. The summed E-state index contributed by atoms with van der Waals surface area (Å²) in [4.78, 5) is 12.9. The van der Waals surface area contributed by atoms with Crippen molar-refractivity contribution in [1.29, 1.82) is 0 Å². The Kier molecular flexibility index (Phi) is 9.56. The fraction of sp³-hybridized carbons (Fsp3) is 0.240. The maximum atomic E-state index is 13.4. The average Bonchev–Trinajstić information content (AvgIpc) is 2.80. The lowest BCUT2D eigenvalue weighted by molar-refractivity contribution is -0.116. The average molecular weight is 584 g/mol. The summed E-state index contributed by atoms with van der Waals surface area (Å²) in [5.74, 6) is -0.452. The molecule has 0 heterocycles. The van der Waals surface area contributed by atoms with E-state index >= 15 is 0 Å². The predicted molar refractivity (Wildman–Crippen MR) is 142 cm³/mol. The zero-order valence-electron chi connectivity index (χ0n) is 18.6. The highest BCUT2D eigenvalue weighted by Gasteiger charge is 2.27. The van der Waals surface area contributed by atoms with Crippen molar-refractivity contribution in [2.45, 2.75) is 37.6 Å². The molecule has 0 saturated heterocycles. The summed E-state index contributed by atoms with van der Waals surface area (Å²) in [5.41, 5.74) is 2.34. The van der Waals surface area contributed by atoms with Gasteiger partial charge in [-0.2, -0.15) is 4.31 Å². The van der Waals surface area contributed by atoms with Crippen LogP contribution in [0.25, 0.3) is 0 Å². The summed E-state index contributed by atoms with van der Waals surface area (Å²) < 4.78 is 28.7. The van der Waals surface area contributed by atoms with Gasteiger partial charge in [0.15, 0.2) is 0 Å². The van der Waals surface area contributed by atoms with Gasteiger partial charge in [-0.25, -0.2) is 8.42 Å². The Morgan fingerprint density at radius 2 is 1.68 bits per heavy atom. The third-order valence-electron chi connectivity index (χ3n) is 5.19. The molecule has 0 atom stereocenters. The number of rotatable bonds is 10. The molecule has 0 saturated carbocycles. The van der Waals surface area contributed by atoms with Crippen LogP contribution in [0.5, 0.6) is 0 Å². The van der Waals surface area contributed by atoms with Gasteiger partial charge >= 0.3 is 0 Å². The first-order valence-corrected chi connectivity index (χ1v) is 13.8. The number of hydrogen-bond donors (Lipinski definition) is 1. The Morgan fingerprint density at radius 1 is 1.00 bits per heavy atom. The number of sulfonamides is 1. The van der Waals surface area contributed by atoms with E-state index in [2.05, 4.69) is 28.2 Å². The number of nitrogens with one attached hydrogen (secondary N) is 1. The number of nitrogens with zero attached hydrogens (tertiary/aromatic N) is 1. The Labute approximate surface area is 219 Å². The van der Waals surface area contributed by atoms with Gasteiger partial charge in [0.1, 0.15) is 0 Å². The van der Waals surface area contributed by atoms with E-state index in [1.807, 2.05) is 24.3 Å². The number of carbonyl (C=O) groups excluding carboxylic acids is 1. The van der Waals surface area contributed by atoms with Crippen LogP contribution in [0.1, 0.15) is 30.9 Å². The molecule has 0 radical (unpaired) electrons. The summed E-state index contributed by atoms with van der Waals surface area (Å²) in [6.45, 7) is 1.67. The van der Waals surface area contributed by atoms with Gasteiger partial charge in [-0.3, -0.25) is 4.79 Å². The van der Waals surface area contributed by atoms with E-state index in [4.69, 9.17) is 23.2 Å². The van der Waals surface area contributed by atoms with Crippen molar-refractivity contribution in [3.05, 3.63) is 92.4 Å². The summed E-state index contributed by atoms with van der Waals surface area (Å²) in [6, 6.07) is 18.7. The number of carbonyl (C=O) groups is 1. The highest BCUT2D eigenvalue weighted by molar-refractivity contribution is 9.10. The second-order valence-electron chi connectivity index (χ2n) is 7.81. The first kappa shape index (κ1) is 26.7. The summed E-state index contributed by atoms with van der Waals surface area (Å²) in [7, 11) is -3.99. The Bertz CT molecular complexity index is 1230. The molecule has 0 unspecified atom stereocenters. The molecule has 5 nitrogen and oxygen atoms in total. The van der Waals surface area contributed by atoms with Gasteiger partial charge in [0.2, 0.25) is 15.9 Å². The van der Waals surface area contributed by atoms with Crippen LogP contribution < -0.4 is 5.32 Å². The minimum absolute atomic E-state index is 0.0777. The molecular weight excluding hydrogens is 559 g/mol. The van der Waals surface area contributed by atoms with E-state index in [0.29, 0.717) is 21.3 Å². The SMILES string of the molecule is CCCCc1ccc(NC(=O)CN(Cc2ccc(Cl)cc2Cl)S(=O)(=O)c2ccc(Br)cc2)cc1. The van der Waals surface area contributed by atoms with Crippen LogP contribution >= 0.6 is 39.1 Å². The molecule has 0 fully saturated rings. The lowest BCUT2D eigenvalue weighted by Gasteiger charge is -2.22. The largest absolute Gasteiger partial charge is 0.325 e. The molecule has 0 aliphatic heterocycles. The van der Waals surface area contributed by atoms with E-state index in [9.17, 15) is 13.2 Å². The van der Waals surface area contributed by atoms with Crippen molar-refractivity contribution in [3.8, 4) is 0 Å². The van der Waals surface area contributed by atoms with Crippen LogP contribution in [0.2, 0.25) is 10.0 Å². The van der Waals surface area contributed by atoms with Crippen molar-refractivity contribution < 1.29 is 13.2 Å². The summed E-state index contributed by atoms with van der Waals surface area (Å²) in [6.07, 6.45) is 3.19. The molecule has 9 heteroatoms. The standard InChI is InChI=1S/C25H25BrCl2N2O3S/c1-2-3-4-18-5-11-22(12-6-18)29-25(31)17-30(16-19-7-10-21(27)15-24(19)28)34(32,33)23-13-8-20(26)9-14-23/h5-15H,2-4,16-17H2,1H3,(H,29,31). The molecule has 0 bridgehead atoms. The predicted octanol–water partition coefficient (Wildman–Crippen LogP) is 6.93. The molecule has 34 heavy (non-hydrogen) atoms. The highest BCUT2D eigenvalue weighted by Crippen LogP contribution is 2.26. The fourth-order valence-electron chi connectivity index (χ4n) is 3.32. The maximum absolute atomic E-state index is 13.4. The van der Waals surface area contributed by atoms with Gasteiger partial charge in [0.25, 0.3) is 0 Å². The minimum atomic E-state index is -3.99. The topological polar surface area (TPSA) is 66.5 Å². The lowest BCUT2D eigenvalue weighted by atomic mass is 10.1. The molecule has 0 aliphatic rings. The number of halogens is 3. The van der Waals surface area contributed by atoms with Crippen LogP contribution in [0.4, 0.5) is 5.69 Å².